The molecule has 0 fully saturated rings. The number of benzene rings is 3. The van der Waals surface area contributed by atoms with Gasteiger partial charge in [-0.3, -0.25) is 14.3 Å². The van der Waals surface area contributed by atoms with Gasteiger partial charge >= 0.3 is 15.5 Å². The predicted molar refractivity (Wildman–Crippen MR) is 125 cm³/mol. The molecule has 0 unspecified atom stereocenters. The summed E-state index contributed by atoms with van der Waals surface area (Å²) in [7, 11) is -5.69. The second-order valence-electron chi connectivity index (χ2n) is 7.86. The Labute approximate surface area is 199 Å². The van der Waals surface area contributed by atoms with E-state index in [9.17, 15) is 31.2 Å². The zero-order chi connectivity index (χ0) is 25.2. The fraction of sp³-hybridized carbons (Fsp3) is 0.167. The molecule has 4 rings (SSSR count). The summed E-state index contributed by atoms with van der Waals surface area (Å²) in [6.07, 6.45) is 1.11. The molecule has 0 atom stereocenters. The number of carbonyl (C=O) groups is 2. The van der Waals surface area contributed by atoms with Gasteiger partial charge in [-0.15, -0.1) is 0 Å². The molecule has 0 aliphatic carbocycles. The highest BCUT2D eigenvalue weighted by atomic mass is 32.2. The van der Waals surface area contributed by atoms with Crippen LogP contribution in [0.15, 0.2) is 72.8 Å². The minimum Gasteiger partial charge on any atom is -0.322 e. The van der Waals surface area contributed by atoms with Gasteiger partial charge in [0.1, 0.15) is 0 Å². The minimum atomic E-state index is -5.69. The van der Waals surface area contributed by atoms with Crippen molar-refractivity contribution < 1.29 is 31.2 Å². The number of amides is 2. The molecular formula is C24H20F3N3O4S. The lowest BCUT2D eigenvalue weighted by Gasteiger charge is -2.29. The second-order valence-corrected chi connectivity index (χ2v) is 9.53. The Balaban J connectivity index is 1.48. The van der Waals surface area contributed by atoms with Gasteiger partial charge in [-0.05, 0) is 47.9 Å². The number of anilines is 3. The molecule has 3 aromatic rings. The van der Waals surface area contributed by atoms with Crippen LogP contribution >= 0.6 is 0 Å². The first-order valence-electron chi connectivity index (χ1n) is 10.5. The molecule has 182 valence electrons. The Morgan fingerprint density at radius 2 is 1.57 bits per heavy atom. The number of carbonyl (C=O) groups excluding carboxylic acids is 2. The fourth-order valence-corrected chi connectivity index (χ4v) is 4.30. The van der Waals surface area contributed by atoms with Gasteiger partial charge in [-0.1, -0.05) is 42.5 Å². The van der Waals surface area contributed by atoms with Crippen molar-refractivity contribution in [2.75, 3.05) is 14.9 Å². The lowest BCUT2D eigenvalue weighted by molar-refractivity contribution is -0.119. The van der Waals surface area contributed by atoms with Gasteiger partial charge in [0, 0.05) is 17.8 Å². The van der Waals surface area contributed by atoms with Crippen molar-refractivity contribution in [2.24, 2.45) is 0 Å². The Hall–Kier alpha value is -3.86. The summed E-state index contributed by atoms with van der Waals surface area (Å²) in [5.41, 5.74) is -3.19. The Kier molecular flexibility index (Phi) is 6.53. The van der Waals surface area contributed by atoms with Crippen molar-refractivity contribution in [3.8, 4) is 0 Å². The van der Waals surface area contributed by atoms with E-state index >= 15 is 0 Å². The van der Waals surface area contributed by atoms with E-state index in [0.29, 0.717) is 25.1 Å². The number of nitrogens with one attached hydrogen (secondary N) is 2. The number of sulfonamides is 1. The summed E-state index contributed by atoms with van der Waals surface area (Å²) in [6, 6.07) is 19.3. The molecule has 1 heterocycles. The van der Waals surface area contributed by atoms with E-state index in [1.807, 2.05) is 24.3 Å². The Bertz CT molecular complexity index is 1370. The molecule has 0 saturated heterocycles. The summed E-state index contributed by atoms with van der Waals surface area (Å²) in [4.78, 5) is 26.8. The van der Waals surface area contributed by atoms with E-state index in [1.165, 1.54) is 22.9 Å². The maximum atomic E-state index is 12.7. The van der Waals surface area contributed by atoms with Crippen LogP contribution in [0.3, 0.4) is 0 Å². The molecule has 0 bridgehead atoms. The maximum absolute atomic E-state index is 12.7. The number of alkyl halides is 3. The first-order chi connectivity index (χ1) is 16.5. The van der Waals surface area contributed by atoms with Crippen molar-refractivity contribution in [1.82, 2.24) is 0 Å². The molecule has 0 radical (unpaired) electrons. The molecule has 3 aromatic carbocycles. The van der Waals surface area contributed by atoms with Crippen molar-refractivity contribution in [3.05, 3.63) is 89.5 Å². The van der Waals surface area contributed by atoms with Gasteiger partial charge < -0.3 is 10.2 Å². The summed E-state index contributed by atoms with van der Waals surface area (Å²) < 4.78 is 62.5. The van der Waals surface area contributed by atoms with Gasteiger partial charge in [-0.25, -0.2) is 0 Å². The number of hydrogen-bond donors (Lipinski definition) is 2. The van der Waals surface area contributed by atoms with Gasteiger partial charge in [0.25, 0.3) is 5.91 Å². The highest BCUT2D eigenvalue weighted by Crippen LogP contribution is 2.30. The van der Waals surface area contributed by atoms with E-state index in [1.54, 1.807) is 29.2 Å². The molecule has 2 amide bonds. The highest BCUT2D eigenvalue weighted by molar-refractivity contribution is 7.93. The molecule has 35 heavy (non-hydrogen) atoms. The fourth-order valence-electron chi connectivity index (χ4n) is 3.72. The van der Waals surface area contributed by atoms with Crippen LogP contribution in [0.5, 0.6) is 0 Å². The SMILES string of the molecule is O=C(Nc1ccc(CN2C(=O)CCc3ccccc32)cc1)c1ccccc1NS(=O)(=O)C(F)(F)F. The van der Waals surface area contributed by atoms with Gasteiger partial charge in [0.15, 0.2) is 0 Å². The largest absolute Gasteiger partial charge is 0.516 e. The van der Waals surface area contributed by atoms with E-state index in [-0.39, 0.29) is 11.5 Å². The van der Waals surface area contributed by atoms with Crippen LogP contribution in [0.4, 0.5) is 30.2 Å². The summed E-state index contributed by atoms with van der Waals surface area (Å²) in [5.74, 6) is -0.780. The monoisotopic (exact) mass is 503 g/mol. The van der Waals surface area contributed by atoms with Gasteiger partial charge in [0.2, 0.25) is 5.91 Å². The van der Waals surface area contributed by atoms with E-state index in [0.717, 1.165) is 22.9 Å². The van der Waals surface area contributed by atoms with E-state index in [4.69, 9.17) is 0 Å². The summed E-state index contributed by atoms with van der Waals surface area (Å²) in [6.45, 7) is 0.339. The normalized spacial score (nSPS) is 13.8. The first-order valence-corrected chi connectivity index (χ1v) is 12.0. The lowest BCUT2D eigenvalue weighted by atomic mass is 10.0. The zero-order valence-electron chi connectivity index (χ0n) is 18.2. The maximum Gasteiger partial charge on any atom is 0.516 e. The average Bonchev–Trinajstić information content (AvgIpc) is 2.81. The quantitative estimate of drug-likeness (QED) is 0.511. The minimum absolute atomic E-state index is 0.0130. The molecule has 0 aromatic heterocycles. The standard InChI is InChI=1S/C24H20F3N3O4S/c25-24(26,27)35(33,34)29-20-7-3-2-6-19(20)23(32)28-18-12-9-16(10-13-18)15-30-21-8-4-1-5-17(21)11-14-22(30)31/h1-10,12-13,29H,11,14-15H2,(H,28,32). The van der Waals surface area contributed by atoms with Crippen molar-refractivity contribution >= 4 is 38.9 Å². The molecule has 2 N–H and O–H groups in total. The average molecular weight is 504 g/mol. The Morgan fingerprint density at radius 3 is 2.29 bits per heavy atom. The van der Waals surface area contributed by atoms with Crippen LogP contribution in [0.25, 0.3) is 0 Å². The summed E-state index contributed by atoms with van der Waals surface area (Å²) in [5, 5.41) is 2.54. The zero-order valence-corrected chi connectivity index (χ0v) is 19.0. The van der Waals surface area contributed by atoms with Crippen LogP contribution in [0, 0.1) is 0 Å². The van der Waals surface area contributed by atoms with Crippen LogP contribution < -0.4 is 14.9 Å². The Morgan fingerprint density at radius 1 is 0.914 bits per heavy atom. The highest BCUT2D eigenvalue weighted by Gasteiger charge is 2.46. The number of aryl methyl sites for hydroxylation is 1. The molecule has 11 heteroatoms. The number of fused-ring (bicyclic) bond motifs is 1. The molecule has 1 aliphatic rings. The third kappa shape index (κ3) is 5.29. The molecule has 0 spiro atoms. The van der Waals surface area contributed by atoms with E-state index < -0.39 is 27.1 Å². The molecule has 0 saturated carbocycles. The number of rotatable bonds is 6. The molecular weight excluding hydrogens is 483 g/mol. The number of para-hydroxylation sites is 2. The number of hydrogen-bond acceptors (Lipinski definition) is 4. The van der Waals surface area contributed by atoms with Crippen LogP contribution in [0.2, 0.25) is 0 Å². The number of halogens is 3. The first kappa shape index (κ1) is 24.3. The second kappa shape index (κ2) is 9.41. The van der Waals surface area contributed by atoms with E-state index in [2.05, 4.69) is 5.32 Å². The molecule has 1 aliphatic heterocycles. The van der Waals surface area contributed by atoms with Crippen molar-refractivity contribution in [3.63, 3.8) is 0 Å². The summed E-state index contributed by atoms with van der Waals surface area (Å²) >= 11 is 0. The smallest absolute Gasteiger partial charge is 0.322 e. The van der Waals surface area contributed by atoms with Crippen molar-refractivity contribution in [2.45, 2.75) is 24.9 Å². The topological polar surface area (TPSA) is 95.6 Å². The third-order valence-corrected chi connectivity index (χ3v) is 6.56. The van der Waals surface area contributed by atoms with Gasteiger partial charge in [0.05, 0.1) is 17.8 Å². The van der Waals surface area contributed by atoms with Crippen molar-refractivity contribution in [1.29, 1.82) is 0 Å². The number of nitrogens with zero attached hydrogens (tertiary/aromatic N) is 1. The molecule has 7 nitrogen and oxygen atoms in total. The predicted octanol–water partition coefficient (Wildman–Crippen LogP) is 4.68. The van der Waals surface area contributed by atoms with Crippen LogP contribution in [-0.4, -0.2) is 25.7 Å². The van der Waals surface area contributed by atoms with Gasteiger partial charge in [-0.2, -0.15) is 21.6 Å². The van der Waals surface area contributed by atoms with Crippen LogP contribution in [-0.2, 0) is 27.8 Å². The third-order valence-electron chi connectivity index (χ3n) is 5.46. The lowest BCUT2D eigenvalue weighted by Crippen LogP contribution is -2.34. The van der Waals surface area contributed by atoms with Crippen LogP contribution in [0.1, 0.15) is 27.9 Å².